The van der Waals surface area contributed by atoms with Crippen LogP contribution in [0.5, 0.6) is 0 Å². The molecule has 1 aliphatic carbocycles. The topological polar surface area (TPSA) is 66.4 Å². The minimum Gasteiger partial charge on any atom is -0.478 e. The first-order valence-electron chi connectivity index (χ1n) is 10.8. The highest BCUT2D eigenvalue weighted by Gasteiger charge is 2.28. The van der Waals surface area contributed by atoms with E-state index in [0.717, 1.165) is 36.8 Å². The molecule has 4 nitrogen and oxygen atoms in total. The second-order valence-corrected chi connectivity index (χ2v) is 9.18. The van der Waals surface area contributed by atoms with E-state index in [1.54, 1.807) is 6.07 Å². The Morgan fingerprint density at radius 2 is 1.94 bits per heavy atom. The van der Waals surface area contributed by atoms with Crippen molar-refractivity contribution in [3.63, 3.8) is 0 Å². The predicted octanol–water partition coefficient (Wildman–Crippen LogP) is 6.48. The molecule has 0 aliphatic heterocycles. The maximum atomic E-state index is 12.9. The van der Waals surface area contributed by atoms with Gasteiger partial charge in [0.1, 0.15) is 5.00 Å². The number of nitrogens with one attached hydrogen (secondary N) is 1. The van der Waals surface area contributed by atoms with Crippen molar-refractivity contribution in [2.24, 2.45) is 0 Å². The number of carboxylic acid groups (broad SMARTS) is 1. The summed E-state index contributed by atoms with van der Waals surface area (Å²) in [5.41, 5.74) is 5.36. The SMILES string of the molecule is CCC(C)c1cccc(C(=O)Nc2scc(C3CCc4ccccc4C3)c2C(=O)O)c1. The fourth-order valence-electron chi connectivity index (χ4n) is 4.34. The third-order valence-corrected chi connectivity index (χ3v) is 7.29. The number of benzene rings is 2. The Labute approximate surface area is 186 Å². The van der Waals surface area contributed by atoms with Gasteiger partial charge in [0.2, 0.25) is 0 Å². The first kappa shape index (κ1) is 21.3. The molecule has 0 fully saturated rings. The van der Waals surface area contributed by atoms with Crippen LogP contribution in [0.3, 0.4) is 0 Å². The van der Waals surface area contributed by atoms with Gasteiger partial charge in [-0.15, -0.1) is 11.3 Å². The number of carbonyl (C=O) groups excluding carboxylic acids is 1. The van der Waals surface area contributed by atoms with Crippen molar-refractivity contribution in [3.8, 4) is 0 Å². The summed E-state index contributed by atoms with van der Waals surface area (Å²) in [5.74, 6) is -0.740. The highest BCUT2D eigenvalue weighted by molar-refractivity contribution is 7.15. The van der Waals surface area contributed by atoms with Gasteiger partial charge in [-0.2, -0.15) is 0 Å². The number of carboxylic acids is 1. The Kier molecular flexibility index (Phi) is 6.23. The summed E-state index contributed by atoms with van der Waals surface area (Å²) in [6, 6.07) is 15.9. The van der Waals surface area contributed by atoms with E-state index >= 15 is 0 Å². The first-order valence-corrected chi connectivity index (χ1v) is 11.7. The molecule has 3 aromatic rings. The number of thiophene rings is 1. The molecule has 2 aromatic carbocycles. The van der Waals surface area contributed by atoms with Crippen molar-refractivity contribution in [2.75, 3.05) is 5.32 Å². The van der Waals surface area contributed by atoms with Gasteiger partial charge in [0.15, 0.2) is 0 Å². The lowest BCUT2D eigenvalue weighted by Gasteiger charge is -2.24. The largest absolute Gasteiger partial charge is 0.478 e. The van der Waals surface area contributed by atoms with E-state index in [4.69, 9.17) is 0 Å². The third-order valence-electron chi connectivity index (χ3n) is 6.38. The van der Waals surface area contributed by atoms with Crippen molar-refractivity contribution >= 4 is 28.2 Å². The van der Waals surface area contributed by atoms with Gasteiger partial charge in [-0.25, -0.2) is 4.79 Å². The third kappa shape index (κ3) is 4.42. The van der Waals surface area contributed by atoms with Crippen LogP contribution in [0, 0.1) is 0 Å². The molecule has 2 unspecified atom stereocenters. The van der Waals surface area contributed by atoms with E-state index in [9.17, 15) is 14.7 Å². The summed E-state index contributed by atoms with van der Waals surface area (Å²) < 4.78 is 0. The number of carbonyl (C=O) groups is 2. The molecule has 0 saturated heterocycles. The van der Waals surface area contributed by atoms with E-state index in [1.165, 1.54) is 22.5 Å². The molecule has 2 atom stereocenters. The van der Waals surface area contributed by atoms with Crippen molar-refractivity contribution in [3.05, 3.63) is 87.3 Å². The highest BCUT2D eigenvalue weighted by atomic mass is 32.1. The van der Waals surface area contributed by atoms with E-state index in [2.05, 4.69) is 37.4 Å². The zero-order valence-electron chi connectivity index (χ0n) is 17.9. The molecule has 2 N–H and O–H groups in total. The Hall–Kier alpha value is -2.92. The number of amides is 1. The van der Waals surface area contributed by atoms with Gasteiger partial charge in [0.05, 0.1) is 5.56 Å². The fourth-order valence-corrected chi connectivity index (χ4v) is 5.37. The van der Waals surface area contributed by atoms with Crippen LogP contribution in [0.2, 0.25) is 0 Å². The molecule has 4 rings (SSSR count). The minimum absolute atomic E-state index is 0.150. The molecule has 0 spiro atoms. The second kappa shape index (κ2) is 9.06. The van der Waals surface area contributed by atoms with Crippen molar-refractivity contribution in [1.82, 2.24) is 0 Å². The minimum atomic E-state index is -0.987. The number of anilines is 1. The summed E-state index contributed by atoms with van der Waals surface area (Å²) in [7, 11) is 0. The van der Waals surface area contributed by atoms with Gasteiger partial charge in [-0.05, 0) is 77.3 Å². The lowest BCUT2D eigenvalue weighted by atomic mass is 9.80. The number of hydrogen-bond acceptors (Lipinski definition) is 3. The van der Waals surface area contributed by atoms with Crippen LogP contribution in [0.1, 0.15) is 81.5 Å². The van der Waals surface area contributed by atoms with Crippen molar-refractivity contribution in [1.29, 1.82) is 0 Å². The molecule has 0 saturated carbocycles. The van der Waals surface area contributed by atoms with Crippen LogP contribution in [-0.2, 0) is 12.8 Å². The van der Waals surface area contributed by atoms with E-state index in [1.807, 2.05) is 29.6 Å². The lowest BCUT2D eigenvalue weighted by Crippen LogP contribution is -2.17. The summed E-state index contributed by atoms with van der Waals surface area (Å²) in [6.07, 6.45) is 3.68. The smallest absolute Gasteiger partial charge is 0.339 e. The number of aryl methyl sites for hydroxylation is 1. The molecule has 31 heavy (non-hydrogen) atoms. The maximum absolute atomic E-state index is 12.9. The molecule has 0 radical (unpaired) electrons. The number of rotatable bonds is 6. The number of hydrogen-bond donors (Lipinski definition) is 2. The van der Waals surface area contributed by atoms with E-state index < -0.39 is 5.97 Å². The molecule has 0 bridgehead atoms. The predicted molar refractivity (Wildman–Crippen MR) is 126 cm³/mol. The van der Waals surface area contributed by atoms with Crippen LogP contribution in [0.25, 0.3) is 0 Å². The lowest BCUT2D eigenvalue weighted by molar-refractivity contribution is 0.0696. The van der Waals surface area contributed by atoms with Crippen LogP contribution in [0.4, 0.5) is 5.00 Å². The molecular formula is C26H27NO3S. The quantitative estimate of drug-likeness (QED) is 0.467. The van der Waals surface area contributed by atoms with Crippen molar-refractivity contribution < 1.29 is 14.7 Å². The Morgan fingerprint density at radius 1 is 1.16 bits per heavy atom. The Morgan fingerprint density at radius 3 is 2.68 bits per heavy atom. The van der Waals surface area contributed by atoms with Crippen LogP contribution >= 0.6 is 11.3 Å². The fraction of sp³-hybridized carbons (Fsp3) is 0.308. The molecule has 1 heterocycles. The molecule has 5 heteroatoms. The zero-order valence-corrected chi connectivity index (χ0v) is 18.7. The van der Waals surface area contributed by atoms with Gasteiger partial charge >= 0.3 is 5.97 Å². The number of fused-ring (bicyclic) bond motifs is 1. The van der Waals surface area contributed by atoms with Gasteiger partial charge in [0, 0.05) is 5.56 Å². The standard InChI is InChI=1S/C26H27NO3S/c1-3-16(2)18-9-6-10-21(13-18)24(28)27-25-23(26(29)30)22(15-31-25)20-12-11-17-7-4-5-8-19(17)14-20/h4-10,13,15-16,20H,3,11-12,14H2,1-2H3,(H,27,28)(H,29,30). The molecule has 1 aromatic heterocycles. The first-order chi connectivity index (χ1) is 15.0. The molecule has 160 valence electrons. The van der Waals surface area contributed by atoms with Gasteiger partial charge in [-0.1, -0.05) is 50.2 Å². The summed E-state index contributed by atoms with van der Waals surface area (Å²) in [6.45, 7) is 4.25. The average Bonchev–Trinajstić information content (AvgIpc) is 3.22. The second-order valence-electron chi connectivity index (χ2n) is 8.30. The molecular weight excluding hydrogens is 406 g/mol. The van der Waals surface area contributed by atoms with Crippen molar-refractivity contribution in [2.45, 2.75) is 51.4 Å². The Bertz CT molecular complexity index is 1120. The Balaban J connectivity index is 1.59. The van der Waals surface area contributed by atoms with E-state index in [0.29, 0.717) is 16.5 Å². The van der Waals surface area contributed by atoms with Crippen LogP contribution < -0.4 is 5.32 Å². The van der Waals surface area contributed by atoms with Gasteiger partial charge in [0.25, 0.3) is 5.91 Å². The van der Waals surface area contributed by atoms with Gasteiger partial charge < -0.3 is 10.4 Å². The maximum Gasteiger partial charge on any atom is 0.339 e. The summed E-state index contributed by atoms with van der Waals surface area (Å²) >= 11 is 1.30. The monoisotopic (exact) mass is 433 g/mol. The highest BCUT2D eigenvalue weighted by Crippen LogP contribution is 2.40. The van der Waals surface area contributed by atoms with E-state index in [-0.39, 0.29) is 17.4 Å². The number of aromatic carboxylic acids is 1. The van der Waals surface area contributed by atoms with Gasteiger partial charge in [-0.3, -0.25) is 4.79 Å². The van der Waals surface area contributed by atoms with Crippen LogP contribution in [-0.4, -0.2) is 17.0 Å². The van der Waals surface area contributed by atoms with Crippen LogP contribution in [0.15, 0.2) is 53.9 Å². The summed E-state index contributed by atoms with van der Waals surface area (Å²) in [4.78, 5) is 25.1. The summed E-state index contributed by atoms with van der Waals surface area (Å²) in [5, 5.41) is 15.1. The average molecular weight is 434 g/mol. The normalized spacial score (nSPS) is 16.4. The molecule has 1 amide bonds. The molecule has 1 aliphatic rings. The zero-order chi connectivity index (χ0) is 22.0.